The van der Waals surface area contributed by atoms with Gasteiger partial charge in [0.1, 0.15) is 5.82 Å². The number of nitrogens with zero attached hydrogens (tertiary/aromatic N) is 3. The third-order valence-corrected chi connectivity index (χ3v) is 3.87. The fraction of sp³-hybridized carbons (Fsp3) is 0.167. The Hall–Kier alpha value is -2.70. The van der Waals surface area contributed by atoms with Gasteiger partial charge in [-0.1, -0.05) is 23.7 Å². The van der Waals surface area contributed by atoms with E-state index in [0.29, 0.717) is 23.3 Å². The average Bonchev–Trinajstić information content (AvgIpc) is 2.64. The molecule has 0 unspecified atom stereocenters. The maximum atomic E-state index is 9.03. The molecule has 0 saturated carbocycles. The fourth-order valence-electron chi connectivity index (χ4n) is 2.34. The number of aliphatic hydroxyl groups excluding tert-OH is 1. The van der Waals surface area contributed by atoms with Gasteiger partial charge < -0.3 is 15.7 Å². The van der Waals surface area contributed by atoms with Gasteiger partial charge in [0.2, 0.25) is 5.95 Å². The number of pyridine rings is 1. The van der Waals surface area contributed by atoms with E-state index in [-0.39, 0.29) is 6.61 Å². The summed E-state index contributed by atoms with van der Waals surface area (Å²) >= 11 is 6.30. The molecule has 3 aromatic rings. The number of aliphatic hydroxyl groups is 1. The number of hydrogen-bond acceptors (Lipinski definition) is 6. The lowest BCUT2D eigenvalue weighted by Crippen LogP contribution is -2.10. The highest BCUT2D eigenvalue weighted by molar-refractivity contribution is 6.33. The van der Waals surface area contributed by atoms with E-state index in [2.05, 4.69) is 25.6 Å². The van der Waals surface area contributed by atoms with E-state index in [1.165, 1.54) is 0 Å². The highest BCUT2D eigenvalue weighted by Gasteiger charge is 2.10. The van der Waals surface area contributed by atoms with Crippen molar-refractivity contribution in [3.05, 3.63) is 59.4 Å². The summed E-state index contributed by atoms with van der Waals surface area (Å²) in [6.07, 6.45) is 3.45. The molecule has 0 atom stereocenters. The van der Waals surface area contributed by atoms with Crippen LogP contribution in [0.4, 0.5) is 17.5 Å². The van der Waals surface area contributed by atoms with Crippen molar-refractivity contribution in [3.8, 4) is 11.3 Å². The number of nitrogens with one attached hydrogen (secondary N) is 2. The molecule has 7 heteroatoms. The molecule has 0 bridgehead atoms. The lowest BCUT2D eigenvalue weighted by molar-refractivity contribution is 0.311. The second-order valence-corrected chi connectivity index (χ2v) is 5.82. The zero-order valence-electron chi connectivity index (χ0n) is 13.7. The van der Waals surface area contributed by atoms with Crippen molar-refractivity contribution < 1.29 is 5.11 Å². The summed E-state index contributed by atoms with van der Waals surface area (Å²) < 4.78 is 0. The van der Waals surface area contributed by atoms with E-state index in [9.17, 15) is 0 Å². The molecule has 6 nitrogen and oxygen atoms in total. The van der Waals surface area contributed by atoms with Crippen LogP contribution in [0.5, 0.6) is 0 Å². The van der Waals surface area contributed by atoms with Crippen LogP contribution in [0.3, 0.4) is 0 Å². The minimum Gasteiger partial charge on any atom is -0.395 e. The van der Waals surface area contributed by atoms with Gasteiger partial charge in [0.05, 0.1) is 23.0 Å². The van der Waals surface area contributed by atoms with Crippen LogP contribution in [0.1, 0.15) is 5.56 Å². The van der Waals surface area contributed by atoms with E-state index in [1.54, 1.807) is 12.4 Å². The first-order chi connectivity index (χ1) is 12.2. The van der Waals surface area contributed by atoms with E-state index in [1.807, 2.05) is 43.3 Å². The van der Waals surface area contributed by atoms with E-state index in [4.69, 9.17) is 16.7 Å². The number of aromatic nitrogens is 3. The third kappa shape index (κ3) is 4.23. The molecule has 0 amide bonds. The van der Waals surface area contributed by atoms with Crippen molar-refractivity contribution in [2.75, 3.05) is 23.8 Å². The predicted octanol–water partition coefficient (Wildman–Crippen LogP) is 3.65. The molecule has 0 fully saturated rings. The molecule has 2 aromatic heterocycles. The van der Waals surface area contributed by atoms with Crippen LogP contribution in [0.2, 0.25) is 5.02 Å². The predicted molar refractivity (Wildman–Crippen MR) is 100 cm³/mol. The Morgan fingerprint density at radius 1 is 1.16 bits per heavy atom. The Labute approximate surface area is 150 Å². The molecule has 2 heterocycles. The number of benzene rings is 1. The van der Waals surface area contributed by atoms with Crippen LogP contribution in [0.25, 0.3) is 11.3 Å². The molecule has 3 N–H and O–H groups in total. The summed E-state index contributed by atoms with van der Waals surface area (Å²) in [4.78, 5) is 13.1. The molecule has 0 aliphatic heterocycles. The van der Waals surface area contributed by atoms with Crippen molar-refractivity contribution >= 4 is 29.1 Å². The van der Waals surface area contributed by atoms with Gasteiger partial charge in [-0.05, 0) is 30.7 Å². The quantitative estimate of drug-likeness (QED) is 0.626. The lowest BCUT2D eigenvalue weighted by atomic mass is 10.2. The van der Waals surface area contributed by atoms with Crippen LogP contribution >= 0.6 is 11.6 Å². The molecule has 0 spiro atoms. The first kappa shape index (κ1) is 17.1. The SMILES string of the molecule is Cc1cccc(Cl)c1Nc1cc(-c2cccnc2)nc(NCCO)n1. The molecule has 0 radical (unpaired) electrons. The Kier molecular flexibility index (Phi) is 5.42. The topological polar surface area (TPSA) is 83.0 Å². The van der Waals surface area contributed by atoms with Gasteiger partial charge in [-0.15, -0.1) is 0 Å². The molecule has 3 rings (SSSR count). The van der Waals surface area contributed by atoms with Crippen LogP contribution in [-0.4, -0.2) is 33.2 Å². The minimum atomic E-state index is -0.00708. The summed E-state index contributed by atoms with van der Waals surface area (Å²) in [6, 6.07) is 11.3. The molecule has 25 heavy (non-hydrogen) atoms. The van der Waals surface area contributed by atoms with Crippen LogP contribution in [0.15, 0.2) is 48.8 Å². The van der Waals surface area contributed by atoms with Gasteiger partial charge in [0, 0.05) is 30.6 Å². The number of para-hydroxylation sites is 1. The zero-order valence-corrected chi connectivity index (χ0v) is 14.5. The highest BCUT2D eigenvalue weighted by Crippen LogP contribution is 2.29. The van der Waals surface area contributed by atoms with Crippen molar-refractivity contribution in [1.29, 1.82) is 0 Å². The summed E-state index contributed by atoms with van der Waals surface area (Å²) in [5.74, 6) is 1.02. The largest absolute Gasteiger partial charge is 0.395 e. The third-order valence-electron chi connectivity index (χ3n) is 3.55. The van der Waals surface area contributed by atoms with Crippen molar-refractivity contribution in [1.82, 2.24) is 15.0 Å². The van der Waals surface area contributed by atoms with E-state index >= 15 is 0 Å². The molecule has 128 valence electrons. The van der Waals surface area contributed by atoms with Crippen LogP contribution < -0.4 is 10.6 Å². The molecule has 0 saturated heterocycles. The standard InChI is InChI=1S/C18H18ClN5O/c1-12-4-2-6-14(19)17(12)23-16-10-15(13-5-3-7-20-11-13)22-18(24-16)21-8-9-25/h2-7,10-11,25H,8-9H2,1H3,(H2,21,22,23,24). The zero-order chi connectivity index (χ0) is 17.6. The fourth-order valence-corrected chi connectivity index (χ4v) is 2.61. The Balaban J connectivity index is 2.00. The number of aryl methyl sites for hydroxylation is 1. The molecule has 0 aliphatic rings. The molecule has 0 aliphatic carbocycles. The summed E-state index contributed by atoms with van der Waals surface area (Å²) in [6.45, 7) is 2.33. The number of rotatable bonds is 6. The maximum absolute atomic E-state index is 9.03. The van der Waals surface area contributed by atoms with Crippen LogP contribution in [0, 0.1) is 6.92 Å². The van der Waals surface area contributed by atoms with Crippen LogP contribution in [-0.2, 0) is 0 Å². The minimum absolute atomic E-state index is 0.00708. The smallest absolute Gasteiger partial charge is 0.225 e. The Morgan fingerprint density at radius 2 is 2.04 bits per heavy atom. The monoisotopic (exact) mass is 355 g/mol. The molecular weight excluding hydrogens is 338 g/mol. The number of anilines is 3. The summed E-state index contributed by atoms with van der Waals surface area (Å²) in [5.41, 5.74) is 3.40. The number of halogens is 1. The first-order valence-corrected chi connectivity index (χ1v) is 8.21. The Bertz CT molecular complexity index is 837. The van der Waals surface area contributed by atoms with Gasteiger partial charge in [-0.3, -0.25) is 4.98 Å². The van der Waals surface area contributed by atoms with Crippen molar-refractivity contribution in [2.24, 2.45) is 0 Å². The van der Waals surface area contributed by atoms with Gasteiger partial charge in [-0.2, -0.15) is 4.98 Å². The van der Waals surface area contributed by atoms with E-state index < -0.39 is 0 Å². The van der Waals surface area contributed by atoms with Crippen molar-refractivity contribution in [3.63, 3.8) is 0 Å². The van der Waals surface area contributed by atoms with Crippen molar-refractivity contribution in [2.45, 2.75) is 6.92 Å². The molecule has 1 aromatic carbocycles. The second-order valence-electron chi connectivity index (χ2n) is 5.41. The van der Waals surface area contributed by atoms with Gasteiger partial charge in [0.15, 0.2) is 0 Å². The average molecular weight is 356 g/mol. The van der Waals surface area contributed by atoms with Gasteiger partial charge in [0.25, 0.3) is 0 Å². The second kappa shape index (κ2) is 7.92. The Morgan fingerprint density at radius 3 is 2.76 bits per heavy atom. The van der Waals surface area contributed by atoms with Gasteiger partial charge in [-0.25, -0.2) is 4.98 Å². The summed E-state index contributed by atoms with van der Waals surface area (Å²) in [5, 5.41) is 15.9. The first-order valence-electron chi connectivity index (χ1n) is 7.83. The highest BCUT2D eigenvalue weighted by atomic mass is 35.5. The van der Waals surface area contributed by atoms with E-state index in [0.717, 1.165) is 22.5 Å². The van der Waals surface area contributed by atoms with Gasteiger partial charge >= 0.3 is 0 Å². The number of hydrogen-bond donors (Lipinski definition) is 3. The molecular formula is C18H18ClN5O. The maximum Gasteiger partial charge on any atom is 0.225 e. The normalized spacial score (nSPS) is 10.5. The summed E-state index contributed by atoms with van der Waals surface area (Å²) in [7, 11) is 0. The lowest BCUT2D eigenvalue weighted by Gasteiger charge is -2.13.